The van der Waals surface area contributed by atoms with E-state index in [4.69, 9.17) is 5.73 Å². The van der Waals surface area contributed by atoms with Crippen molar-refractivity contribution in [3.05, 3.63) is 35.9 Å². The molecule has 3 unspecified atom stereocenters. The Balaban J connectivity index is 1.79. The Morgan fingerprint density at radius 3 is 2.83 bits per heavy atom. The summed E-state index contributed by atoms with van der Waals surface area (Å²) < 4.78 is 0. The number of hydrogen-bond acceptors (Lipinski definition) is 2. The zero-order valence-corrected chi connectivity index (χ0v) is 10.9. The topological polar surface area (TPSA) is 55.1 Å². The molecule has 1 fully saturated rings. The van der Waals surface area contributed by atoms with E-state index in [1.54, 1.807) is 0 Å². The van der Waals surface area contributed by atoms with Crippen molar-refractivity contribution in [1.82, 2.24) is 5.32 Å². The van der Waals surface area contributed by atoms with Gasteiger partial charge in [-0.15, -0.1) is 0 Å². The molecule has 1 aromatic rings. The normalized spacial score (nSPS) is 23.4. The molecule has 0 saturated heterocycles. The van der Waals surface area contributed by atoms with Crippen LogP contribution in [-0.2, 0) is 4.79 Å². The van der Waals surface area contributed by atoms with E-state index in [1.807, 2.05) is 25.1 Å². The van der Waals surface area contributed by atoms with Crippen LogP contribution in [-0.4, -0.2) is 18.5 Å². The lowest BCUT2D eigenvalue weighted by atomic mass is 10.1. The largest absolute Gasteiger partial charge is 0.353 e. The standard InChI is InChI=1S/C15H22N2O/c1-11(6-5-9-16)17-15(18)14-10-13(14)12-7-3-2-4-8-12/h2-4,7-8,11,13-14H,5-6,9-10,16H2,1H3,(H,17,18). The van der Waals surface area contributed by atoms with Crippen LogP contribution in [0.3, 0.4) is 0 Å². The van der Waals surface area contributed by atoms with Gasteiger partial charge in [0.1, 0.15) is 0 Å². The van der Waals surface area contributed by atoms with E-state index >= 15 is 0 Å². The van der Waals surface area contributed by atoms with Crippen molar-refractivity contribution in [2.24, 2.45) is 11.7 Å². The number of nitrogens with two attached hydrogens (primary N) is 1. The number of carbonyl (C=O) groups excluding carboxylic acids is 1. The molecule has 18 heavy (non-hydrogen) atoms. The minimum atomic E-state index is 0.174. The first-order valence-corrected chi connectivity index (χ1v) is 6.77. The smallest absolute Gasteiger partial charge is 0.223 e. The predicted octanol–water partition coefficient (Wildman–Crippen LogP) is 2.03. The lowest BCUT2D eigenvalue weighted by Gasteiger charge is -2.13. The number of hydrogen-bond donors (Lipinski definition) is 2. The molecule has 1 aromatic carbocycles. The minimum absolute atomic E-state index is 0.174. The van der Waals surface area contributed by atoms with Gasteiger partial charge in [-0.2, -0.15) is 0 Å². The average Bonchev–Trinajstić information content (AvgIpc) is 3.17. The fourth-order valence-corrected chi connectivity index (χ4v) is 2.40. The minimum Gasteiger partial charge on any atom is -0.353 e. The summed E-state index contributed by atoms with van der Waals surface area (Å²) in [4.78, 5) is 12.0. The number of rotatable bonds is 6. The van der Waals surface area contributed by atoms with Gasteiger partial charge >= 0.3 is 0 Å². The second-order valence-electron chi connectivity index (χ2n) is 5.20. The second-order valence-corrected chi connectivity index (χ2v) is 5.20. The van der Waals surface area contributed by atoms with Crippen LogP contribution in [0.2, 0.25) is 0 Å². The van der Waals surface area contributed by atoms with Crippen LogP contribution < -0.4 is 11.1 Å². The first kappa shape index (κ1) is 13.1. The zero-order valence-electron chi connectivity index (χ0n) is 10.9. The summed E-state index contributed by atoms with van der Waals surface area (Å²) in [7, 11) is 0. The highest BCUT2D eigenvalue weighted by atomic mass is 16.2. The van der Waals surface area contributed by atoms with Gasteiger partial charge in [-0.3, -0.25) is 4.79 Å². The van der Waals surface area contributed by atoms with Gasteiger partial charge in [-0.1, -0.05) is 30.3 Å². The van der Waals surface area contributed by atoms with Crippen molar-refractivity contribution >= 4 is 5.91 Å². The second kappa shape index (κ2) is 6.01. The molecular weight excluding hydrogens is 224 g/mol. The van der Waals surface area contributed by atoms with Crippen molar-refractivity contribution in [1.29, 1.82) is 0 Å². The molecular formula is C15H22N2O. The van der Waals surface area contributed by atoms with Gasteiger partial charge in [0.05, 0.1) is 0 Å². The first-order chi connectivity index (χ1) is 8.72. The van der Waals surface area contributed by atoms with E-state index in [9.17, 15) is 4.79 Å². The molecule has 1 saturated carbocycles. The zero-order chi connectivity index (χ0) is 13.0. The predicted molar refractivity (Wildman–Crippen MR) is 73.2 cm³/mol. The summed E-state index contributed by atoms with van der Waals surface area (Å²) in [6.07, 6.45) is 2.92. The summed E-state index contributed by atoms with van der Waals surface area (Å²) >= 11 is 0. The fourth-order valence-electron chi connectivity index (χ4n) is 2.40. The molecule has 2 rings (SSSR count). The summed E-state index contributed by atoms with van der Waals surface area (Å²) in [5.74, 6) is 0.800. The van der Waals surface area contributed by atoms with E-state index in [-0.39, 0.29) is 17.9 Å². The van der Waals surface area contributed by atoms with Crippen LogP contribution in [0.5, 0.6) is 0 Å². The van der Waals surface area contributed by atoms with Gasteiger partial charge < -0.3 is 11.1 Å². The molecule has 0 aliphatic heterocycles. The Bertz CT molecular complexity index is 391. The molecule has 3 N–H and O–H groups in total. The molecule has 3 heteroatoms. The summed E-state index contributed by atoms with van der Waals surface area (Å²) in [6.45, 7) is 2.74. The van der Waals surface area contributed by atoms with Crippen molar-refractivity contribution in [3.63, 3.8) is 0 Å². The van der Waals surface area contributed by atoms with E-state index < -0.39 is 0 Å². The van der Waals surface area contributed by atoms with Gasteiger partial charge in [-0.05, 0) is 44.2 Å². The van der Waals surface area contributed by atoms with Crippen LogP contribution in [0.1, 0.15) is 37.7 Å². The third kappa shape index (κ3) is 3.33. The quantitative estimate of drug-likeness (QED) is 0.807. The first-order valence-electron chi connectivity index (χ1n) is 6.77. The molecule has 0 aromatic heterocycles. The Morgan fingerprint density at radius 1 is 1.44 bits per heavy atom. The third-order valence-electron chi connectivity index (χ3n) is 3.58. The molecule has 0 spiro atoms. The SMILES string of the molecule is CC(CCCN)NC(=O)C1CC1c1ccccc1. The highest BCUT2D eigenvalue weighted by Crippen LogP contribution is 2.47. The molecule has 3 nitrogen and oxygen atoms in total. The van der Waals surface area contributed by atoms with Crippen molar-refractivity contribution in [2.45, 2.75) is 38.1 Å². The average molecular weight is 246 g/mol. The lowest BCUT2D eigenvalue weighted by molar-refractivity contribution is -0.123. The van der Waals surface area contributed by atoms with Gasteiger partial charge in [0.15, 0.2) is 0 Å². The van der Waals surface area contributed by atoms with Gasteiger partial charge in [0.25, 0.3) is 0 Å². The molecule has 98 valence electrons. The Morgan fingerprint density at radius 2 is 2.17 bits per heavy atom. The molecule has 1 amide bonds. The lowest BCUT2D eigenvalue weighted by Crippen LogP contribution is -2.34. The van der Waals surface area contributed by atoms with E-state index in [0.29, 0.717) is 12.5 Å². The number of carbonyl (C=O) groups is 1. The van der Waals surface area contributed by atoms with Crippen LogP contribution in [0.15, 0.2) is 30.3 Å². The van der Waals surface area contributed by atoms with E-state index in [0.717, 1.165) is 19.3 Å². The van der Waals surface area contributed by atoms with Gasteiger partial charge in [0, 0.05) is 12.0 Å². The summed E-state index contributed by atoms with van der Waals surface area (Å²) in [5.41, 5.74) is 6.75. The van der Waals surface area contributed by atoms with Gasteiger partial charge in [-0.25, -0.2) is 0 Å². The van der Waals surface area contributed by atoms with Crippen LogP contribution in [0.4, 0.5) is 0 Å². The van der Waals surface area contributed by atoms with Crippen LogP contribution >= 0.6 is 0 Å². The maximum Gasteiger partial charge on any atom is 0.223 e. The summed E-state index contributed by atoms with van der Waals surface area (Å²) in [6, 6.07) is 10.5. The van der Waals surface area contributed by atoms with Crippen molar-refractivity contribution in [2.75, 3.05) is 6.54 Å². The Hall–Kier alpha value is -1.35. The Labute approximate surface area is 109 Å². The Kier molecular flexibility index (Phi) is 4.37. The molecule has 0 bridgehead atoms. The maximum atomic E-state index is 12.0. The van der Waals surface area contributed by atoms with Crippen molar-refractivity contribution in [3.8, 4) is 0 Å². The van der Waals surface area contributed by atoms with E-state index in [1.165, 1.54) is 5.56 Å². The number of amides is 1. The van der Waals surface area contributed by atoms with Crippen LogP contribution in [0.25, 0.3) is 0 Å². The van der Waals surface area contributed by atoms with Gasteiger partial charge in [0.2, 0.25) is 5.91 Å². The highest BCUT2D eigenvalue weighted by molar-refractivity contribution is 5.83. The number of benzene rings is 1. The molecule has 3 atom stereocenters. The van der Waals surface area contributed by atoms with Crippen LogP contribution in [0, 0.1) is 5.92 Å². The summed E-state index contributed by atoms with van der Waals surface area (Å²) in [5, 5.41) is 3.08. The molecule has 1 aliphatic rings. The third-order valence-corrected chi connectivity index (χ3v) is 3.58. The number of nitrogens with one attached hydrogen (secondary N) is 1. The molecule has 0 radical (unpaired) electrons. The van der Waals surface area contributed by atoms with E-state index in [2.05, 4.69) is 17.4 Å². The fraction of sp³-hybridized carbons (Fsp3) is 0.533. The monoisotopic (exact) mass is 246 g/mol. The van der Waals surface area contributed by atoms with Crippen molar-refractivity contribution < 1.29 is 4.79 Å². The molecule has 1 aliphatic carbocycles. The maximum absolute atomic E-state index is 12.0. The molecule has 0 heterocycles. The highest BCUT2D eigenvalue weighted by Gasteiger charge is 2.43.